The lowest BCUT2D eigenvalue weighted by Crippen LogP contribution is -2.47. The number of nitrogens with zero attached hydrogens (tertiary/aromatic N) is 3. The molecule has 27 heavy (non-hydrogen) atoms. The van der Waals surface area contributed by atoms with Crippen molar-refractivity contribution in [3.8, 4) is 5.75 Å². The Morgan fingerprint density at radius 3 is 2.37 bits per heavy atom. The van der Waals surface area contributed by atoms with Crippen molar-refractivity contribution < 1.29 is 14.6 Å². The minimum Gasteiger partial charge on any atom is -0.491 e. The van der Waals surface area contributed by atoms with Gasteiger partial charge in [-0.05, 0) is 38.6 Å². The molecule has 0 amide bonds. The number of aliphatic hydroxyl groups is 1. The Morgan fingerprint density at radius 2 is 1.78 bits per heavy atom. The molecule has 1 saturated heterocycles. The van der Waals surface area contributed by atoms with Crippen LogP contribution >= 0.6 is 0 Å². The van der Waals surface area contributed by atoms with Gasteiger partial charge in [-0.25, -0.2) is 0 Å². The van der Waals surface area contributed by atoms with E-state index in [1.807, 2.05) is 12.1 Å². The fourth-order valence-electron chi connectivity index (χ4n) is 3.23. The summed E-state index contributed by atoms with van der Waals surface area (Å²) < 4.78 is 11.0. The standard InChI is InChI=1S/C21H37N3O3/c1-18(2)24(13-14-26-4)15-19-5-7-21(8-6-19)27-17-20(25)16-23-11-9-22(3)10-12-23/h5-8,18,20,25H,9-17H2,1-4H3/t20-/m1/s1. The molecule has 1 aliphatic rings. The number of hydrogen-bond donors (Lipinski definition) is 1. The minimum atomic E-state index is -0.460. The predicted molar refractivity (Wildman–Crippen MR) is 109 cm³/mol. The molecule has 1 N–H and O–H groups in total. The van der Waals surface area contributed by atoms with Crippen molar-refractivity contribution in [2.45, 2.75) is 32.5 Å². The first-order chi connectivity index (χ1) is 13.0. The van der Waals surface area contributed by atoms with E-state index in [1.165, 1.54) is 5.56 Å². The number of aliphatic hydroxyl groups excluding tert-OH is 1. The lowest BCUT2D eigenvalue weighted by atomic mass is 10.2. The number of hydrogen-bond acceptors (Lipinski definition) is 6. The predicted octanol–water partition coefficient (Wildman–Crippen LogP) is 1.53. The van der Waals surface area contributed by atoms with Gasteiger partial charge in [0.1, 0.15) is 18.5 Å². The maximum Gasteiger partial charge on any atom is 0.119 e. The smallest absolute Gasteiger partial charge is 0.119 e. The molecule has 0 radical (unpaired) electrons. The van der Waals surface area contributed by atoms with Crippen LogP contribution in [0, 0.1) is 0 Å². The van der Waals surface area contributed by atoms with Gasteiger partial charge in [0, 0.05) is 59.0 Å². The van der Waals surface area contributed by atoms with Crippen molar-refractivity contribution in [3.05, 3.63) is 29.8 Å². The summed E-state index contributed by atoms with van der Waals surface area (Å²) in [5, 5.41) is 10.2. The van der Waals surface area contributed by atoms with Gasteiger partial charge in [0.2, 0.25) is 0 Å². The summed E-state index contributed by atoms with van der Waals surface area (Å²) in [5.74, 6) is 0.809. The molecule has 1 atom stereocenters. The Balaban J connectivity index is 1.74. The van der Waals surface area contributed by atoms with E-state index in [2.05, 4.69) is 47.7 Å². The SMILES string of the molecule is COCCN(Cc1ccc(OC[C@H](O)CN2CCN(C)CC2)cc1)C(C)C. The number of β-amino-alcohol motifs (C(OH)–C–C–N with tert-alkyl or cyclic N) is 1. The average Bonchev–Trinajstić information content (AvgIpc) is 2.66. The highest BCUT2D eigenvalue weighted by Crippen LogP contribution is 2.15. The molecule has 0 aromatic heterocycles. The first-order valence-corrected chi connectivity index (χ1v) is 10.0. The molecular weight excluding hydrogens is 342 g/mol. The van der Waals surface area contributed by atoms with Crippen LogP contribution in [0.15, 0.2) is 24.3 Å². The van der Waals surface area contributed by atoms with Gasteiger partial charge in [-0.1, -0.05) is 12.1 Å². The lowest BCUT2D eigenvalue weighted by Gasteiger charge is -2.33. The van der Waals surface area contributed by atoms with Gasteiger partial charge < -0.3 is 19.5 Å². The van der Waals surface area contributed by atoms with Gasteiger partial charge >= 0.3 is 0 Å². The van der Waals surface area contributed by atoms with Crippen LogP contribution in [0.4, 0.5) is 0 Å². The minimum absolute atomic E-state index is 0.331. The highest BCUT2D eigenvalue weighted by atomic mass is 16.5. The summed E-state index contributed by atoms with van der Waals surface area (Å²) in [6.07, 6.45) is -0.460. The second-order valence-corrected chi connectivity index (χ2v) is 7.77. The van der Waals surface area contributed by atoms with E-state index in [4.69, 9.17) is 9.47 Å². The average molecular weight is 380 g/mol. The molecule has 1 fully saturated rings. The van der Waals surface area contributed by atoms with Gasteiger partial charge in [0.05, 0.1) is 6.61 Å². The van der Waals surface area contributed by atoms with Crippen LogP contribution in [0.25, 0.3) is 0 Å². The van der Waals surface area contributed by atoms with Gasteiger partial charge in [0.15, 0.2) is 0 Å². The van der Waals surface area contributed by atoms with Gasteiger partial charge in [-0.15, -0.1) is 0 Å². The number of likely N-dealkylation sites (N-methyl/N-ethyl adjacent to an activating group) is 1. The molecule has 0 saturated carbocycles. The molecule has 2 rings (SSSR count). The Labute approximate surface area is 164 Å². The van der Waals surface area contributed by atoms with E-state index in [1.54, 1.807) is 7.11 Å². The summed E-state index contributed by atoms with van der Waals surface area (Å²) >= 11 is 0. The molecule has 6 nitrogen and oxygen atoms in total. The van der Waals surface area contributed by atoms with E-state index in [-0.39, 0.29) is 0 Å². The van der Waals surface area contributed by atoms with E-state index >= 15 is 0 Å². The second kappa shape index (κ2) is 11.6. The molecular formula is C21H37N3O3. The molecule has 0 spiro atoms. The van der Waals surface area contributed by atoms with Gasteiger partial charge in [-0.2, -0.15) is 0 Å². The van der Waals surface area contributed by atoms with Crippen LogP contribution in [0.2, 0.25) is 0 Å². The highest BCUT2D eigenvalue weighted by molar-refractivity contribution is 5.27. The molecule has 1 heterocycles. The highest BCUT2D eigenvalue weighted by Gasteiger charge is 2.17. The van der Waals surface area contributed by atoms with Crippen molar-refractivity contribution in [2.75, 3.05) is 66.6 Å². The van der Waals surface area contributed by atoms with Crippen molar-refractivity contribution in [1.29, 1.82) is 0 Å². The van der Waals surface area contributed by atoms with Crippen LogP contribution in [0.1, 0.15) is 19.4 Å². The Bertz CT molecular complexity index is 516. The third-order valence-electron chi connectivity index (χ3n) is 5.13. The summed E-state index contributed by atoms with van der Waals surface area (Å²) in [6.45, 7) is 12.1. The first-order valence-electron chi connectivity index (χ1n) is 10.0. The summed E-state index contributed by atoms with van der Waals surface area (Å²) in [6, 6.07) is 8.66. The summed E-state index contributed by atoms with van der Waals surface area (Å²) in [5.41, 5.74) is 1.25. The molecule has 154 valence electrons. The molecule has 6 heteroatoms. The van der Waals surface area contributed by atoms with Crippen LogP contribution in [0.5, 0.6) is 5.75 Å². The maximum atomic E-state index is 10.2. The fourth-order valence-corrected chi connectivity index (χ4v) is 3.23. The van der Waals surface area contributed by atoms with Crippen LogP contribution in [-0.2, 0) is 11.3 Å². The van der Waals surface area contributed by atoms with Crippen molar-refractivity contribution in [1.82, 2.24) is 14.7 Å². The number of rotatable bonds is 11. The first kappa shape index (κ1) is 22.1. The van der Waals surface area contributed by atoms with Crippen LogP contribution in [-0.4, -0.2) is 98.6 Å². The number of piperazine rings is 1. The van der Waals surface area contributed by atoms with Crippen molar-refractivity contribution in [2.24, 2.45) is 0 Å². The molecule has 1 aromatic rings. The number of ether oxygens (including phenoxy) is 2. The second-order valence-electron chi connectivity index (χ2n) is 7.77. The van der Waals surface area contributed by atoms with E-state index < -0.39 is 6.10 Å². The number of methoxy groups -OCH3 is 1. The molecule has 1 aliphatic heterocycles. The van der Waals surface area contributed by atoms with Crippen LogP contribution < -0.4 is 4.74 Å². The Morgan fingerprint density at radius 1 is 1.11 bits per heavy atom. The Hall–Kier alpha value is -1.18. The Kier molecular flexibility index (Phi) is 9.51. The zero-order chi connectivity index (χ0) is 19.6. The molecule has 0 unspecified atom stereocenters. The van der Waals surface area contributed by atoms with Crippen molar-refractivity contribution in [3.63, 3.8) is 0 Å². The molecule has 1 aromatic carbocycles. The van der Waals surface area contributed by atoms with Gasteiger partial charge in [-0.3, -0.25) is 9.80 Å². The lowest BCUT2D eigenvalue weighted by molar-refractivity contribution is 0.0504. The van der Waals surface area contributed by atoms with Crippen molar-refractivity contribution >= 4 is 0 Å². The third kappa shape index (κ3) is 8.15. The van der Waals surface area contributed by atoms with Gasteiger partial charge in [0.25, 0.3) is 0 Å². The normalized spacial score (nSPS) is 17.6. The van der Waals surface area contributed by atoms with Crippen LogP contribution in [0.3, 0.4) is 0 Å². The molecule has 0 bridgehead atoms. The van der Waals surface area contributed by atoms with E-state index in [0.29, 0.717) is 19.2 Å². The summed E-state index contributed by atoms with van der Waals surface area (Å²) in [7, 11) is 3.88. The molecule has 0 aliphatic carbocycles. The third-order valence-corrected chi connectivity index (χ3v) is 5.13. The van der Waals surface area contributed by atoms with E-state index in [0.717, 1.165) is 51.6 Å². The quantitative estimate of drug-likeness (QED) is 0.629. The fraction of sp³-hybridized carbons (Fsp3) is 0.714. The maximum absolute atomic E-state index is 10.2. The van der Waals surface area contributed by atoms with E-state index in [9.17, 15) is 5.11 Å². The summed E-state index contributed by atoms with van der Waals surface area (Å²) in [4.78, 5) is 7.01. The number of benzene rings is 1. The topological polar surface area (TPSA) is 48.4 Å². The monoisotopic (exact) mass is 379 g/mol. The zero-order valence-electron chi connectivity index (χ0n) is 17.4. The zero-order valence-corrected chi connectivity index (χ0v) is 17.4. The largest absolute Gasteiger partial charge is 0.491 e.